The Morgan fingerprint density at radius 3 is 1.14 bits per heavy atom. The molecule has 4 aliphatic carbocycles. The van der Waals surface area contributed by atoms with Gasteiger partial charge in [0.2, 0.25) is 0 Å². The van der Waals surface area contributed by atoms with Crippen molar-refractivity contribution >= 4 is 0 Å². The van der Waals surface area contributed by atoms with Gasteiger partial charge >= 0.3 is 0 Å². The summed E-state index contributed by atoms with van der Waals surface area (Å²) in [7, 11) is 0. The van der Waals surface area contributed by atoms with Crippen molar-refractivity contribution in [3.05, 3.63) is 0 Å². The molecule has 0 aromatic rings. The first kappa shape index (κ1) is 9.18. The zero-order chi connectivity index (χ0) is 10.2. The summed E-state index contributed by atoms with van der Waals surface area (Å²) in [4.78, 5) is 0. The van der Waals surface area contributed by atoms with Crippen molar-refractivity contribution in [3.63, 3.8) is 0 Å². The maximum atomic E-state index is 14.6. The molecule has 80 valence electrons. The summed E-state index contributed by atoms with van der Waals surface area (Å²) in [6.07, 6.45) is 6.31. The average Bonchev–Trinajstić information content (AvgIpc) is 1.67. The predicted molar refractivity (Wildman–Crippen MR) is 55.9 cm³/mol. The van der Waals surface area contributed by atoms with Crippen LogP contribution in [0.15, 0.2) is 0 Å². The molecule has 0 amide bonds. The first-order valence-electron chi connectivity index (χ1n) is 5.93. The van der Waals surface area contributed by atoms with Crippen molar-refractivity contribution in [1.82, 2.24) is 0 Å². The monoisotopic (exact) mass is 196 g/mol. The lowest BCUT2D eigenvalue weighted by Gasteiger charge is -2.66. The van der Waals surface area contributed by atoms with Gasteiger partial charge in [0, 0.05) is 0 Å². The van der Waals surface area contributed by atoms with E-state index in [0.29, 0.717) is 16.2 Å². The van der Waals surface area contributed by atoms with Crippen LogP contribution in [0.5, 0.6) is 0 Å². The van der Waals surface area contributed by atoms with Crippen LogP contribution in [0.2, 0.25) is 0 Å². The molecule has 4 rings (SSSR count). The highest BCUT2D eigenvalue weighted by Crippen LogP contribution is 2.71. The SMILES string of the molecule is CC12CC3(C)CC(C)(C1)CC(F)(C2)C3. The first-order valence-corrected chi connectivity index (χ1v) is 5.93. The highest BCUT2D eigenvalue weighted by atomic mass is 19.1. The summed E-state index contributed by atoms with van der Waals surface area (Å²) in [5, 5.41) is 0. The molecular weight excluding hydrogens is 175 g/mol. The summed E-state index contributed by atoms with van der Waals surface area (Å²) in [5.41, 5.74) is 0.125. The van der Waals surface area contributed by atoms with Crippen molar-refractivity contribution in [2.24, 2.45) is 16.2 Å². The molecule has 0 spiro atoms. The lowest BCUT2D eigenvalue weighted by molar-refractivity contribution is -0.189. The lowest BCUT2D eigenvalue weighted by Crippen LogP contribution is -2.60. The Kier molecular flexibility index (Phi) is 1.35. The molecule has 0 aromatic heterocycles. The van der Waals surface area contributed by atoms with Crippen molar-refractivity contribution in [3.8, 4) is 0 Å². The second kappa shape index (κ2) is 2.05. The van der Waals surface area contributed by atoms with E-state index in [1.165, 1.54) is 19.3 Å². The van der Waals surface area contributed by atoms with Crippen LogP contribution < -0.4 is 0 Å². The highest BCUT2D eigenvalue weighted by molar-refractivity contribution is 5.15. The minimum absolute atomic E-state index is 0.312. The molecule has 0 nitrogen and oxygen atoms in total. The van der Waals surface area contributed by atoms with Crippen molar-refractivity contribution in [2.45, 2.75) is 65.0 Å². The molecular formula is C13H21F. The number of hydrogen-bond donors (Lipinski definition) is 0. The van der Waals surface area contributed by atoms with Crippen LogP contribution in [0.4, 0.5) is 4.39 Å². The number of hydrogen-bond acceptors (Lipinski definition) is 0. The third kappa shape index (κ3) is 1.10. The molecule has 1 heteroatoms. The first-order chi connectivity index (χ1) is 6.24. The van der Waals surface area contributed by atoms with E-state index >= 15 is 0 Å². The quantitative estimate of drug-likeness (QED) is 0.547. The summed E-state index contributed by atoms with van der Waals surface area (Å²) >= 11 is 0. The van der Waals surface area contributed by atoms with E-state index < -0.39 is 5.67 Å². The fourth-order valence-corrected chi connectivity index (χ4v) is 6.14. The predicted octanol–water partition coefficient (Wildman–Crippen LogP) is 4.10. The van der Waals surface area contributed by atoms with E-state index in [-0.39, 0.29) is 0 Å². The molecule has 4 fully saturated rings. The molecule has 0 unspecified atom stereocenters. The number of alkyl halides is 1. The van der Waals surface area contributed by atoms with Gasteiger partial charge in [0.25, 0.3) is 0 Å². The van der Waals surface area contributed by atoms with E-state index in [0.717, 1.165) is 19.3 Å². The van der Waals surface area contributed by atoms with Gasteiger partial charge in [-0.1, -0.05) is 20.8 Å². The van der Waals surface area contributed by atoms with Crippen LogP contribution in [-0.4, -0.2) is 5.67 Å². The molecule has 4 bridgehead atoms. The molecule has 0 aliphatic heterocycles. The fraction of sp³-hybridized carbons (Fsp3) is 1.00. The Balaban J connectivity index is 2.08. The molecule has 14 heavy (non-hydrogen) atoms. The summed E-state index contributed by atoms with van der Waals surface area (Å²) < 4.78 is 14.6. The second-order valence-corrected chi connectivity index (χ2v) is 7.64. The van der Waals surface area contributed by atoms with Crippen LogP contribution >= 0.6 is 0 Å². The smallest absolute Gasteiger partial charge is 0.112 e. The van der Waals surface area contributed by atoms with Gasteiger partial charge in [0.15, 0.2) is 0 Å². The van der Waals surface area contributed by atoms with E-state index in [1.807, 2.05) is 0 Å². The highest BCUT2D eigenvalue weighted by Gasteiger charge is 2.64. The van der Waals surface area contributed by atoms with Crippen LogP contribution in [0.3, 0.4) is 0 Å². The van der Waals surface area contributed by atoms with Crippen molar-refractivity contribution in [2.75, 3.05) is 0 Å². The number of rotatable bonds is 0. The molecule has 0 saturated heterocycles. The van der Waals surface area contributed by atoms with Gasteiger partial charge in [0.05, 0.1) is 0 Å². The minimum Gasteiger partial charge on any atom is -0.244 e. The molecule has 0 aromatic carbocycles. The molecule has 0 N–H and O–H groups in total. The van der Waals surface area contributed by atoms with Crippen LogP contribution in [-0.2, 0) is 0 Å². The largest absolute Gasteiger partial charge is 0.244 e. The summed E-state index contributed by atoms with van der Waals surface area (Å²) in [6, 6.07) is 0. The molecule has 0 radical (unpaired) electrons. The second-order valence-electron chi connectivity index (χ2n) is 7.64. The Labute approximate surface area is 86.3 Å². The maximum absolute atomic E-state index is 14.6. The number of halogens is 1. The van der Waals surface area contributed by atoms with Crippen LogP contribution in [0.1, 0.15) is 59.3 Å². The van der Waals surface area contributed by atoms with Gasteiger partial charge in [-0.05, 0) is 54.8 Å². The van der Waals surface area contributed by atoms with Crippen molar-refractivity contribution < 1.29 is 4.39 Å². The van der Waals surface area contributed by atoms with Crippen molar-refractivity contribution in [1.29, 1.82) is 0 Å². The van der Waals surface area contributed by atoms with Gasteiger partial charge in [-0.3, -0.25) is 0 Å². The van der Waals surface area contributed by atoms with Gasteiger partial charge in [-0.15, -0.1) is 0 Å². The average molecular weight is 196 g/mol. The Morgan fingerprint density at radius 2 is 0.929 bits per heavy atom. The van der Waals surface area contributed by atoms with Gasteiger partial charge in [-0.2, -0.15) is 0 Å². The fourth-order valence-electron chi connectivity index (χ4n) is 6.14. The topological polar surface area (TPSA) is 0 Å². The Morgan fingerprint density at radius 1 is 0.643 bits per heavy atom. The summed E-state index contributed by atoms with van der Waals surface area (Å²) in [5.74, 6) is 0. The molecule has 0 heterocycles. The van der Waals surface area contributed by atoms with Crippen LogP contribution in [0, 0.1) is 16.2 Å². The zero-order valence-electron chi connectivity index (χ0n) is 9.62. The Bertz CT molecular complexity index is 198. The van der Waals surface area contributed by atoms with Gasteiger partial charge in [0.1, 0.15) is 5.67 Å². The van der Waals surface area contributed by atoms with E-state index in [2.05, 4.69) is 20.8 Å². The lowest BCUT2D eigenvalue weighted by atomic mass is 9.40. The third-order valence-corrected chi connectivity index (χ3v) is 4.79. The molecule has 0 atom stereocenters. The maximum Gasteiger partial charge on any atom is 0.112 e. The standard InChI is InChI=1S/C13H21F/c1-10-4-11(2)6-12(3,5-10)9-13(14,7-10)8-11/h4-9H2,1-3H3. The summed E-state index contributed by atoms with van der Waals surface area (Å²) in [6.45, 7) is 6.94. The minimum atomic E-state index is -0.812. The molecule has 4 aliphatic rings. The van der Waals surface area contributed by atoms with Gasteiger partial charge < -0.3 is 0 Å². The third-order valence-electron chi connectivity index (χ3n) is 4.79. The Hall–Kier alpha value is -0.0700. The van der Waals surface area contributed by atoms with Gasteiger partial charge in [-0.25, -0.2) is 4.39 Å². The van der Waals surface area contributed by atoms with E-state index in [9.17, 15) is 4.39 Å². The van der Waals surface area contributed by atoms with Crippen LogP contribution in [0.25, 0.3) is 0 Å². The zero-order valence-corrected chi connectivity index (χ0v) is 9.62. The molecule has 4 saturated carbocycles. The van der Waals surface area contributed by atoms with E-state index in [4.69, 9.17) is 0 Å². The normalized spacial score (nSPS) is 66.0. The van der Waals surface area contributed by atoms with E-state index in [1.54, 1.807) is 0 Å².